The second-order valence-corrected chi connectivity index (χ2v) is 7.19. The summed E-state index contributed by atoms with van der Waals surface area (Å²) < 4.78 is 1.77. The van der Waals surface area contributed by atoms with Crippen LogP contribution in [0.25, 0.3) is 0 Å². The Morgan fingerprint density at radius 1 is 1.57 bits per heavy atom. The van der Waals surface area contributed by atoms with Crippen molar-refractivity contribution in [3.63, 3.8) is 0 Å². The maximum Gasteiger partial charge on any atom is 0.255 e. The summed E-state index contributed by atoms with van der Waals surface area (Å²) in [7, 11) is 0. The Bertz CT molecular complexity index is 564. The van der Waals surface area contributed by atoms with Gasteiger partial charge >= 0.3 is 0 Å². The van der Waals surface area contributed by atoms with E-state index < -0.39 is 5.54 Å². The summed E-state index contributed by atoms with van der Waals surface area (Å²) >= 11 is 0. The van der Waals surface area contributed by atoms with Crippen molar-refractivity contribution in [2.45, 2.75) is 64.5 Å². The average Bonchev–Trinajstić information content (AvgIpc) is 2.88. The van der Waals surface area contributed by atoms with Gasteiger partial charge in [-0.05, 0) is 46.0 Å². The van der Waals surface area contributed by atoms with Gasteiger partial charge in [0.25, 0.3) is 5.91 Å². The molecule has 1 aromatic heterocycles. The van der Waals surface area contributed by atoms with E-state index in [0.717, 1.165) is 25.7 Å². The molecule has 1 aromatic rings. The van der Waals surface area contributed by atoms with E-state index in [1.54, 1.807) is 17.1 Å². The monoisotopic (exact) mass is 288 g/mol. The number of amides is 1. The van der Waals surface area contributed by atoms with Crippen LogP contribution in [0.3, 0.4) is 0 Å². The van der Waals surface area contributed by atoms with Crippen molar-refractivity contribution >= 4 is 5.91 Å². The van der Waals surface area contributed by atoms with Gasteiger partial charge in [-0.25, -0.2) is 0 Å². The SMILES string of the molecule is C[C@H]1CCC[C@](C#N)(NC(=O)c2cnn(C(C)(C)C)c2)C1. The van der Waals surface area contributed by atoms with E-state index in [-0.39, 0.29) is 11.4 Å². The highest BCUT2D eigenvalue weighted by Gasteiger charge is 2.37. The molecule has 1 amide bonds. The van der Waals surface area contributed by atoms with E-state index in [1.807, 2.05) is 20.8 Å². The molecule has 0 aromatic carbocycles. The van der Waals surface area contributed by atoms with Gasteiger partial charge in [0, 0.05) is 6.20 Å². The largest absolute Gasteiger partial charge is 0.334 e. The van der Waals surface area contributed by atoms with Gasteiger partial charge in [0.1, 0.15) is 5.54 Å². The maximum absolute atomic E-state index is 12.4. The standard InChI is InChI=1S/C16H24N4O/c1-12-6-5-7-16(8-12,11-17)19-14(21)13-9-18-20(10-13)15(2,3)4/h9-10,12H,5-8H2,1-4H3,(H,19,21)/t12-,16-/m0/s1. The van der Waals surface area contributed by atoms with Gasteiger partial charge in [-0.2, -0.15) is 10.4 Å². The van der Waals surface area contributed by atoms with Crippen molar-refractivity contribution in [1.82, 2.24) is 15.1 Å². The van der Waals surface area contributed by atoms with Crippen LogP contribution in [0.1, 0.15) is 63.7 Å². The number of nitriles is 1. The van der Waals surface area contributed by atoms with Crippen LogP contribution in [0.4, 0.5) is 0 Å². The molecule has 5 nitrogen and oxygen atoms in total. The van der Waals surface area contributed by atoms with Crippen molar-refractivity contribution in [2.24, 2.45) is 5.92 Å². The molecule has 1 heterocycles. The lowest BCUT2D eigenvalue weighted by molar-refractivity contribution is 0.0890. The number of carbonyl (C=O) groups is 1. The predicted molar refractivity (Wildman–Crippen MR) is 80.7 cm³/mol. The predicted octanol–water partition coefficient (Wildman–Crippen LogP) is 2.84. The van der Waals surface area contributed by atoms with Gasteiger partial charge < -0.3 is 5.32 Å². The lowest BCUT2D eigenvalue weighted by atomic mass is 9.77. The van der Waals surface area contributed by atoms with Gasteiger partial charge in [-0.1, -0.05) is 13.3 Å². The minimum Gasteiger partial charge on any atom is -0.334 e. The Kier molecular flexibility index (Phi) is 4.08. The Balaban J connectivity index is 2.13. The lowest BCUT2D eigenvalue weighted by Gasteiger charge is -2.34. The number of rotatable bonds is 2. The molecule has 0 radical (unpaired) electrons. The van der Waals surface area contributed by atoms with E-state index in [2.05, 4.69) is 23.4 Å². The highest BCUT2D eigenvalue weighted by atomic mass is 16.1. The van der Waals surface area contributed by atoms with E-state index >= 15 is 0 Å². The van der Waals surface area contributed by atoms with Crippen molar-refractivity contribution in [3.8, 4) is 6.07 Å². The third-order valence-corrected chi connectivity index (χ3v) is 4.10. The molecular weight excluding hydrogens is 264 g/mol. The third-order valence-electron chi connectivity index (χ3n) is 4.10. The van der Waals surface area contributed by atoms with Crippen LogP contribution in [-0.4, -0.2) is 21.2 Å². The topological polar surface area (TPSA) is 70.7 Å². The fourth-order valence-electron chi connectivity index (χ4n) is 2.89. The first-order chi connectivity index (χ1) is 9.76. The van der Waals surface area contributed by atoms with Gasteiger partial charge in [-0.15, -0.1) is 0 Å². The van der Waals surface area contributed by atoms with Crippen LogP contribution in [0, 0.1) is 17.2 Å². The van der Waals surface area contributed by atoms with Crippen LogP contribution in [0.5, 0.6) is 0 Å². The first kappa shape index (κ1) is 15.6. The normalized spacial score (nSPS) is 26.1. The van der Waals surface area contributed by atoms with Gasteiger partial charge in [0.15, 0.2) is 0 Å². The summed E-state index contributed by atoms with van der Waals surface area (Å²) in [5.41, 5.74) is -0.374. The minimum absolute atomic E-state index is 0.162. The number of hydrogen-bond acceptors (Lipinski definition) is 3. The molecule has 2 atom stereocenters. The van der Waals surface area contributed by atoms with Crippen molar-refractivity contribution in [1.29, 1.82) is 5.26 Å². The Morgan fingerprint density at radius 2 is 2.29 bits per heavy atom. The zero-order valence-corrected chi connectivity index (χ0v) is 13.3. The Labute approximate surface area is 126 Å². The number of aromatic nitrogens is 2. The molecule has 0 bridgehead atoms. The fourth-order valence-corrected chi connectivity index (χ4v) is 2.89. The van der Waals surface area contributed by atoms with Gasteiger partial charge in [0.05, 0.1) is 23.4 Å². The van der Waals surface area contributed by atoms with Crippen molar-refractivity contribution < 1.29 is 4.79 Å². The smallest absolute Gasteiger partial charge is 0.255 e. The Morgan fingerprint density at radius 3 is 2.81 bits per heavy atom. The zero-order chi connectivity index (χ0) is 15.7. The molecule has 0 aliphatic heterocycles. The summed E-state index contributed by atoms with van der Waals surface area (Å²) in [6.45, 7) is 8.22. The summed E-state index contributed by atoms with van der Waals surface area (Å²) in [4.78, 5) is 12.4. The fraction of sp³-hybridized carbons (Fsp3) is 0.688. The summed E-state index contributed by atoms with van der Waals surface area (Å²) in [5, 5.41) is 16.7. The average molecular weight is 288 g/mol. The minimum atomic E-state index is -0.724. The molecule has 114 valence electrons. The number of nitrogens with zero attached hydrogens (tertiary/aromatic N) is 3. The van der Waals surface area contributed by atoms with Crippen LogP contribution in [0.15, 0.2) is 12.4 Å². The number of nitrogens with one attached hydrogen (secondary N) is 1. The zero-order valence-electron chi connectivity index (χ0n) is 13.3. The quantitative estimate of drug-likeness (QED) is 0.909. The summed E-state index contributed by atoms with van der Waals surface area (Å²) in [5.74, 6) is 0.261. The molecule has 0 unspecified atom stereocenters. The first-order valence-electron chi connectivity index (χ1n) is 7.55. The van der Waals surface area contributed by atoms with E-state index in [9.17, 15) is 10.1 Å². The molecule has 2 rings (SSSR count). The van der Waals surface area contributed by atoms with Crippen LogP contribution in [0.2, 0.25) is 0 Å². The number of carbonyl (C=O) groups excluding carboxylic acids is 1. The third kappa shape index (κ3) is 3.44. The molecule has 21 heavy (non-hydrogen) atoms. The van der Waals surface area contributed by atoms with Crippen molar-refractivity contribution in [3.05, 3.63) is 18.0 Å². The number of hydrogen-bond donors (Lipinski definition) is 1. The van der Waals surface area contributed by atoms with E-state index in [1.165, 1.54) is 0 Å². The molecule has 1 aliphatic rings. The van der Waals surface area contributed by atoms with Gasteiger partial charge in [-0.3, -0.25) is 9.48 Å². The molecule has 1 fully saturated rings. The van der Waals surface area contributed by atoms with E-state index in [4.69, 9.17) is 0 Å². The highest BCUT2D eigenvalue weighted by molar-refractivity contribution is 5.94. The molecular formula is C16H24N4O. The second kappa shape index (κ2) is 5.51. The maximum atomic E-state index is 12.4. The molecule has 1 aliphatic carbocycles. The molecule has 1 saturated carbocycles. The van der Waals surface area contributed by atoms with Crippen LogP contribution < -0.4 is 5.32 Å². The molecule has 1 N–H and O–H groups in total. The van der Waals surface area contributed by atoms with Crippen molar-refractivity contribution in [2.75, 3.05) is 0 Å². The molecule has 0 spiro atoms. The van der Waals surface area contributed by atoms with Crippen LogP contribution >= 0.6 is 0 Å². The summed E-state index contributed by atoms with van der Waals surface area (Å²) in [6, 6.07) is 2.33. The lowest BCUT2D eigenvalue weighted by Crippen LogP contribution is -2.50. The Hall–Kier alpha value is -1.83. The molecule has 0 saturated heterocycles. The molecule has 5 heteroatoms. The van der Waals surface area contributed by atoms with Gasteiger partial charge in [0.2, 0.25) is 0 Å². The highest BCUT2D eigenvalue weighted by Crippen LogP contribution is 2.32. The first-order valence-corrected chi connectivity index (χ1v) is 7.55. The second-order valence-electron chi connectivity index (χ2n) is 7.19. The summed E-state index contributed by atoms with van der Waals surface area (Å²) in [6.07, 6.45) is 6.87. The van der Waals surface area contributed by atoms with Crippen LogP contribution in [-0.2, 0) is 5.54 Å². The van der Waals surface area contributed by atoms with E-state index in [0.29, 0.717) is 11.5 Å².